The van der Waals surface area contributed by atoms with Gasteiger partial charge in [-0.25, -0.2) is 4.98 Å². The van der Waals surface area contributed by atoms with Gasteiger partial charge in [0, 0.05) is 32.1 Å². The maximum atomic E-state index is 12.6. The van der Waals surface area contributed by atoms with Gasteiger partial charge >= 0.3 is 0 Å². The van der Waals surface area contributed by atoms with Crippen LogP contribution in [0.5, 0.6) is 0 Å². The second-order valence-corrected chi connectivity index (χ2v) is 9.17. The van der Waals surface area contributed by atoms with E-state index in [0.717, 1.165) is 10.0 Å². The van der Waals surface area contributed by atoms with E-state index in [1.807, 2.05) is 0 Å². The Morgan fingerprint density at radius 2 is 2.18 bits per heavy atom. The van der Waals surface area contributed by atoms with Crippen LogP contribution in [-0.4, -0.2) is 53.3 Å². The van der Waals surface area contributed by atoms with Crippen molar-refractivity contribution in [2.45, 2.75) is 44.9 Å². The molecule has 7 nitrogen and oxygen atoms in total. The number of aromatic nitrogens is 2. The van der Waals surface area contributed by atoms with Crippen molar-refractivity contribution in [1.29, 1.82) is 0 Å². The van der Waals surface area contributed by atoms with E-state index in [-0.39, 0.29) is 28.8 Å². The largest absolute Gasteiger partial charge is 0.385 e. The third-order valence-corrected chi connectivity index (χ3v) is 7.14. The lowest BCUT2D eigenvalue weighted by molar-refractivity contribution is 0.0540. The predicted molar refractivity (Wildman–Crippen MR) is 112 cm³/mol. The van der Waals surface area contributed by atoms with Gasteiger partial charge in [-0.15, -0.1) is 0 Å². The van der Waals surface area contributed by atoms with Crippen LogP contribution in [0.15, 0.2) is 6.20 Å². The third-order valence-electron chi connectivity index (χ3n) is 4.83. The lowest BCUT2D eigenvalue weighted by Crippen LogP contribution is -2.55. The molecule has 1 fully saturated rings. The number of aliphatic hydroxyl groups is 1. The van der Waals surface area contributed by atoms with E-state index in [4.69, 9.17) is 27.9 Å². The first kappa shape index (κ1) is 21.4. The average molecular weight is 447 g/mol. The third kappa shape index (κ3) is 4.31. The summed E-state index contributed by atoms with van der Waals surface area (Å²) >= 11 is 13.7. The Morgan fingerprint density at radius 3 is 2.71 bits per heavy atom. The number of piperidine rings is 1. The van der Waals surface area contributed by atoms with Crippen molar-refractivity contribution < 1.29 is 14.6 Å². The van der Waals surface area contributed by atoms with Crippen molar-refractivity contribution in [2.75, 3.05) is 25.1 Å². The van der Waals surface area contributed by atoms with Gasteiger partial charge in [-0.1, -0.05) is 34.5 Å². The maximum absolute atomic E-state index is 12.6. The molecule has 0 radical (unpaired) electrons. The molecule has 0 bridgehead atoms. The Bertz CT molecular complexity index is 862. The van der Waals surface area contributed by atoms with Crippen LogP contribution in [-0.2, 0) is 10.3 Å². The van der Waals surface area contributed by atoms with Crippen molar-refractivity contribution in [1.82, 2.24) is 15.3 Å². The topological polar surface area (TPSA) is 90.5 Å². The van der Waals surface area contributed by atoms with Gasteiger partial charge in [-0.3, -0.25) is 4.79 Å². The van der Waals surface area contributed by atoms with Gasteiger partial charge in [0.05, 0.1) is 32.7 Å². The van der Waals surface area contributed by atoms with E-state index in [1.54, 1.807) is 34.1 Å². The molecule has 0 saturated carbocycles. The lowest BCUT2D eigenvalue weighted by Gasteiger charge is -2.37. The van der Waals surface area contributed by atoms with Gasteiger partial charge in [-0.05, 0) is 27.2 Å². The summed E-state index contributed by atoms with van der Waals surface area (Å²) in [6.45, 7) is 6.53. The summed E-state index contributed by atoms with van der Waals surface area (Å²) in [5, 5.41) is 14.6. The van der Waals surface area contributed by atoms with E-state index < -0.39 is 5.60 Å². The van der Waals surface area contributed by atoms with Gasteiger partial charge < -0.3 is 25.0 Å². The van der Waals surface area contributed by atoms with Crippen molar-refractivity contribution in [3.05, 3.63) is 32.5 Å². The highest BCUT2D eigenvalue weighted by atomic mass is 35.5. The number of anilines is 1. The molecule has 10 heteroatoms. The van der Waals surface area contributed by atoms with Crippen LogP contribution in [0.1, 0.15) is 41.3 Å². The Kier molecular flexibility index (Phi) is 6.26. The number of carbonyl (C=O) groups is 1. The summed E-state index contributed by atoms with van der Waals surface area (Å²) in [5.74, 6) is -0.306. The van der Waals surface area contributed by atoms with Crippen LogP contribution < -0.4 is 10.2 Å². The highest BCUT2D eigenvalue weighted by molar-refractivity contribution is 7.15. The number of hydrogen-bond donors (Lipinski definition) is 3. The summed E-state index contributed by atoms with van der Waals surface area (Å²) < 4.78 is 5.63. The molecule has 1 aliphatic heterocycles. The molecule has 28 heavy (non-hydrogen) atoms. The second-order valence-electron chi connectivity index (χ2n) is 7.41. The smallest absolute Gasteiger partial charge is 0.269 e. The number of ether oxygens (including phenoxy) is 1. The molecule has 2 aromatic heterocycles. The average Bonchev–Trinajstić information content (AvgIpc) is 3.23. The number of amides is 1. The number of halogens is 2. The molecule has 1 aliphatic rings. The number of rotatable bonds is 5. The fourth-order valence-corrected chi connectivity index (χ4v) is 4.53. The zero-order valence-corrected chi connectivity index (χ0v) is 18.5. The van der Waals surface area contributed by atoms with Gasteiger partial charge in [0.2, 0.25) is 0 Å². The number of aromatic amines is 1. The normalized spacial score (nSPS) is 20.5. The van der Waals surface area contributed by atoms with Crippen LogP contribution in [0.3, 0.4) is 0 Å². The van der Waals surface area contributed by atoms with Crippen LogP contribution in [0.2, 0.25) is 10.0 Å². The van der Waals surface area contributed by atoms with Gasteiger partial charge in [0.25, 0.3) is 5.91 Å². The van der Waals surface area contributed by atoms with E-state index in [2.05, 4.69) is 20.2 Å². The van der Waals surface area contributed by atoms with E-state index in [9.17, 15) is 9.90 Å². The summed E-state index contributed by atoms with van der Waals surface area (Å²) in [6, 6.07) is -0.166. The van der Waals surface area contributed by atoms with Crippen LogP contribution >= 0.6 is 34.5 Å². The van der Waals surface area contributed by atoms with Gasteiger partial charge in [-0.2, -0.15) is 0 Å². The quantitative estimate of drug-likeness (QED) is 0.654. The number of nitrogens with one attached hydrogen (secondary N) is 2. The Hall–Kier alpha value is -1.32. The molecule has 3 N–H and O–H groups in total. The number of aryl methyl sites for hydroxylation is 1. The molecule has 1 saturated heterocycles. The number of methoxy groups -OCH3 is 1. The zero-order valence-electron chi connectivity index (χ0n) is 16.2. The van der Waals surface area contributed by atoms with Gasteiger partial charge in [0.15, 0.2) is 5.13 Å². The lowest BCUT2D eigenvalue weighted by atomic mass is 10.0. The molecule has 2 atom stereocenters. The summed E-state index contributed by atoms with van der Waals surface area (Å²) in [6.07, 6.45) is 2.18. The molecule has 2 aromatic rings. The Labute approximate surface area is 178 Å². The van der Waals surface area contributed by atoms with Crippen molar-refractivity contribution in [3.8, 4) is 0 Å². The summed E-state index contributed by atoms with van der Waals surface area (Å²) in [5.41, 5.74) is -0.00471. The predicted octanol–water partition coefficient (Wildman–Crippen LogP) is 3.34. The molecule has 0 aliphatic carbocycles. The SMILES string of the molecule is CO[C@H]1CN(c2ncc(C(C)(C)O)s2)CCC1NC(=O)c1[nH]c(C)c(Cl)c1Cl. The highest BCUT2D eigenvalue weighted by Crippen LogP contribution is 2.33. The molecular weight excluding hydrogens is 423 g/mol. The fraction of sp³-hybridized carbons (Fsp3) is 0.556. The first-order valence-corrected chi connectivity index (χ1v) is 10.5. The van der Waals surface area contributed by atoms with Crippen molar-refractivity contribution in [3.63, 3.8) is 0 Å². The van der Waals surface area contributed by atoms with E-state index in [0.29, 0.717) is 30.2 Å². The van der Waals surface area contributed by atoms with E-state index >= 15 is 0 Å². The monoisotopic (exact) mass is 446 g/mol. The molecule has 1 amide bonds. The molecule has 3 heterocycles. The summed E-state index contributed by atoms with van der Waals surface area (Å²) in [4.78, 5) is 22.9. The standard InChI is InChI=1S/C18H24Cl2N4O3S/c1-9-13(19)14(20)15(22-9)16(25)23-10-5-6-24(8-11(10)27-4)17-21-7-12(28-17)18(2,3)26/h7,10-11,22,26H,5-6,8H2,1-4H3,(H,23,25)/t10?,11-/m0/s1. The Balaban J connectivity index is 1.68. The number of carbonyl (C=O) groups excluding carboxylic acids is 1. The first-order chi connectivity index (χ1) is 13.1. The van der Waals surface area contributed by atoms with Crippen LogP contribution in [0.4, 0.5) is 5.13 Å². The molecule has 0 spiro atoms. The molecular formula is C18H24Cl2N4O3S. The van der Waals surface area contributed by atoms with E-state index in [1.165, 1.54) is 11.3 Å². The minimum absolute atomic E-state index is 0.166. The highest BCUT2D eigenvalue weighted by Gasteiger charge is 2.33. The first-order valence-electron chi connectivity index (χ1n) is 8.92. The van der Waals surface area contributed by atoms with Crippen LogP contribution in [0.25, 0.3) is 0 Å². The molecule has 154 valence electrons. The van der Waals surface area contributed by atoms with Crippen molar-refractivity contribution in [2.24, 2.45) is 0 Å². The van der Waals surface area contributed by atoms with Crippen LogP contribution in [0, 0.1) is 6.92 Å². The minimum Gasteiger partial charge on any atom is -0.385 e. The second kappa shape index (κ2) is 8.20. The molecule has 0 aromatic carbocycles. The minimum atomic E-state index is -0.919. The molecule has 1 unspecified atom stereocenters. The number of hydrogen-bond acceptors (Lipinski definition) is 6. The number of thiazole rings is 1. The maximum Gasteiger partial charge on any atom is 0.269 e. The number of nitrogens with zero attached hydrogens (tertiary/aromatic N) is 2. The zero-order chi connectivity index (χ0) is 20.6. The number of H-pyrrole nitrogens is 1. The molecule has 3 rings (SSSR count). The fourth-order valence-electron chi connectivity index (χ4n) is 3.16. The van der Waals surface area contributed by atoms with Gasteiger partial charge in [0.1, 0.15) is 5.69 Å². The summed E-state index contributed by atoms with van der Waals surface area (Å²) in [7, 11) is 1.63. The van der Waals surface area contributed by atoms with Crippen molar-refractivity contribution >= 4 is 45.6 Å². The Morgan fingerprint density at radius 1 is 1.46 bits per heavy atom.